The van der Waals surface area contributed by atoms with Crippen LogP contribution in [0.4, 0.5) is 0 Å². The molecule has 1 aliphatic heterocycles. The summed E-state index contributed by atoms with van der Waals surface area (Å²) in [5.41, 5.74) is 0.462. The minimum absolute atomic E-state index is 0.0347. The lowest BCUT2D eigenvalue weighted by Crippen LogP contribution is -2.35. The van der Waals surface area contributed by atoms with Crippen LogP contribution in [-0.4, -0.2) is 72.3 Å². The molecule has 1 amide bonds. The van der Waals surface area contributed by atoms with Gasteiger partial charge in [0.1, 0.15) is 10.7 Å². The molecule has 0 bridgehead atoms. The van der Waals surface area contributed by atoms with E-state index in [1.807, 2.05) is 0 Å². The number of aliphatic hydroxyl groups excluding tert-OH is 1. The molecular formula is C12H19N3O3S. The Morgan fingerprint density at radius 2 is 2.32 bits per heavy atom. The summed E-state index contributed by atoms with van der Waals surface area (Å²) in [4.78, 5) is 20.1. The van der Waals surface area contributed by atoms with E-state index in [-0.39, 0.29) is 12.5 Å². The molecule has 1 aromatic rings. The van der Waals surface area contributed by atoms with Gasteiger partial charge in [-0.1, -0.05) is 0 Å². The number of hydrogen-bond acceptors (Lipinski definition) is 6. The Morgan fingerprint density at radius 1 is 1.58 bits per heavy atom. The number of carbonyl (C=O) groups excluding carboxylic acids is 1. The minimum atomic E-state index is -0.140. The van der Waals surface area contributed by atoms with Crippen molar-refractivity contribution in [1.29, 1.82) is 0 Å². The predicted octanol–water partition coefficient (Wildman–Crippen LogP) is 0.0396. The van der Waals surface area contributed by atoms with Crippen LogP contribution in [0.5, 0.6) is 0 Å². The van der Waals surface area contributed by atoms with Gasteiger partial charge in [-0.05, 0) is 0 Å². The van der Waals surface area contributed by atoms with E-state index in [2.05, 4.69) is 9.88 Å². The molecule has 0 aliphatic carbocycles. The number of likely N-dealkylation sites (N-methyl/N-ethyl adjacent to an activating group) is 1. The highest BCUT2D eigenvalue weighted by atomic mass is 32.1. The zero-order chi connectivity index (χ0) is 13.7. The van der Waals surface area contributed by atoms with Gasteiger partial charge in [0.2, 0.25) is 0 Å². The van der Waals surface area contributed by atoms with Gasteiger partial charge < -0.3 is 14.7 Å². The summed E-state index contributed by atoms with van der Waals surface area (Å²) in [6.45, 7) is 4.40. The fraction of sp³-hybridized carbons (Fsp3) is 0.667. The summed E-state index contributed by atoms with van der Waals surface area (Å²) in [6.07, 6.45) is 0. The molecule has 0 saturated carbocycles. The van der Waals surface area contributed by atoms with E-state index < -0.39 is 0 Å². The first-order valence-corrected chi connectivity index (χ1v) is 7.19. The number of thiazole rings is 1. The molecule has 1 aliphatic rings. The number of rotatable bonds is 5. The molecule has 1 N–H and O–H groups in total. The highest BCUT2D eigenvalue weighted by molar-refractivity contribution is 7.09. The maximum absolute atomic E-state index is 12.0. The first-order chi connectivity index (χ1) is 9.20. The topological polar surface area (TPSA) is 65.9 Å². The van der Waals surface area contributed by atoms with Crippen molar-refractivity contribution < 1.29 is 14.6 Å². The summed E-state index contributed by atoms with van der Waals surface area (Å²) in [6, 6.07) is 0. The van der Waals surface area contributed by atoms with Crippen LogP contribution in [0, 0.1) is 0 Å². The maximum atomic E-state index is 12.0. The molecule has 106 valence electrons. The van der Waals surface area contributed by atoms with Crippen molar-refractivity contribution in [3.05, 3.63) is 16.1 Å². The van der Waals surface area contributed by atoms with Crippen molar-refractivity contribution in [3.63, 3.8) is 0 Å². The van der Waals surface area contributed by atoms with Crippen molar-refractivity contribution in [2.24, 2.45) is 0 Å². The van der Waals surface area contributed by atoms with Crippen LogP contribution in [0.15, 0.2) is 5.38 Å². The smallest absolute Gasteiger partial charge is 0.273 e. The number of nitrogens with zero attached hydrogens (tertiary/aromatic N) is 3. The number of carbonyl (C=O) groups is 1. The van der Waals surface area contributed by atoms with Crippen LogP contribution in [0.3, 0.4) is 0 Å². The molecule has 2 rings (SSSR count). The predicted molar refractivity (Wildman–Crippen MR) is 72.3 cm³/mol. The van der Waals surface area contributed by atoms with Gasteiger partial charge in [-0.15, -0.1) is 11.3 Å². The number of aromatic nitrogens is 1. The second kappa shape index (κ2) is 6.95. The Labute approximate surface area is 116 Å². The minimum Gasteiger partial charge on any atom is -0.395 e. The third-order valence-electron chi connectivity index (χ3n) is 3.02. The third kappa shape index (κ3) is 3.97. The van der Waals surface area contributed by atoms with Crippen molar-refractivity contribution in [1.82, 2.24) is 14.8 Å². The van der Waals surface area contributed by atoms with Crippen LogP contribution in [0.25, 0.3) is 0 Å². The Kier molecular flexibility index (Phi) is 5.26. The lowest BCUT2D eigenvalue weighted by Gasteiger charge is -2.25. The molecule has 1 saturated heterocycles. The lowest BCUT2D eigenvalue weighted by atomic mass is 10.4. The van der Waals surface area contributed by atoms with Crippen LogP contribution in [-0.2, 0) is 11.3 Å². The largest absolute Gasteiger partial charge is 0.395 e. The molecule has 6 nitrogen and oxygen atoms in total. The zero-order valence-electron chi connectivity index (χ0n) is 11.0. The van der Waals surface area contributed by atoms with E-state index in [0.29, 0.717) is 12.2 Å². The zero-order valence-corrected chi connectivity index (χ0v) is 11.9. The van der Waals surface area contributed by atoms with Gasteiger partial charge in [0.25, 0.3) is 5.91 Å². The van der Waals surface area contributed by atoms with Gasteiger partial charge in [-0.3, -0.25) is 9.69 Å². The maximum Gasteiger partial charge on any atom is 0.273 e. The quantitative estimate of drug-likeness (QED) is 0.827. The first kappa shape index (κ1) is 14.4. The van der Waals surface area contributed by atoms with E-state index in [4.69, 9.17) is 9.84 Å². The highest BCUT2D eigenvalue weighted by Crippen LogP contribution is 2.14. The van der Waals surface area contributed by atoms with Crippen LogP contribution < -0.4 is 0 Å². The number of morpholine rings is 1. The summed E-state index contributed by atoms with van der Waals surface area (Å²) in [5, 5.41) is 11.6. The van der Waals surface area contributed by atoms with Gasteiger partial charge in [-0.2, -0.15) is 0 Å². The Morgan fingerprint density at radius 3 is 3.00 bits per heavy atom. The van der Waals surface area contributed by atoms with Crippen LogP contribution in [0.1, 0.15) is 15.5 Å². The molecule has 2 heterocycles. The Bertz CT molecular complexity index is 418. The standard InChI is InChI=1S/C12H19N3O3S/c1-14(2-5-16)12(17)10-9-19-11(13-10)8-15-3-6-18-7-4-15/h9,16H,2-8H2,1H3. The molecule has 0 spiro atoms. The molecule has 1 fully saturated rings. The van der Waals surface area contributed by atoms with Crippen molar-refractivity contribution in [2.45, 2.75) is 6.54 Å². The Balaban J connectivity index is 1.92. The Hall–Kier alpha value is -1.02. The van der Waals surface area contributed by atoms with Gasteiger partial charge >= 0.3 is 0 Å². The highest BCUT2D eigenvalue weighted by Gasteiger charge is 2.17. The lowest BCUT2D eigenvalue weighted by molar-refractivity contribution is 0.0341. The van der Waals surface area contributed by atoms with Gasteiger partial charge in [0, 0.05) is 32.1 Å². The van der Waals surface area contributed by atoms with E-state index in [0.717, 1.165) is 37.9 Å². The summed E-state index contributed by atoms with van der Waals surface area (Å²) < 4.78 is 5.30. The van der Waals surface area contributed by atoms with E-state index in [1.54, 1.807) is 12.4 Å². The third-order valence-corrected chi connectivity index (χ3v) is 3.85. The number of ether oxygens (including phenoxy) is 1. The number of hydrogen-bond donors (Lipinski definition) is 1. The number of aliphatic hydroxyl groups is 1. The number of amides is 1. The van der Waals surface area contributed by atoms with Crippen molar-refractivity contribution in [3.8, 4) is 0 Å². The molecule has 1 aromatic heterocycles. The molecular weight excluding hydrogens is 266 g/mol. The average Bonchev–Trinajstić information content (AvgIpc) is 2.88. The van der Waals surface area contributed by atoms with Gasteiger partial charge in [-0.25, -0.2) is 4.98 Å². The SMILES string of the molecule is CN(CCO)C(=O)c1csc(CN2CCOCC2)n1. The van der Waals surface area contributed by atoms with Crippen molar-refractivity contribution in [2.75, 3.05) is 46.5 Å². The summed E-state index contributed by atoms with van der Waals surface area (Å²) >= 11 is 1.50. The van der Waals surface area contributed by atoms with E-state index in [9.17, 15) is 4.79 Å². The van der Waals surface area contributed by atoms with Crippen LogP contribution >= 0.6 is 11.3 Å². The van der Waals surface area contributed by atoms with Gasteiger partial charge in [0.05, 0.1) is 26.4 Å². The van der Waals surface area contributed by atoms with E-state index >= 15 is 0 Å². The molecule has 19 heavy (non-hydrogen) atoms. The average molecular weight is 285 g/mol. The fourth-order valence-corrected chi connectivity index (χ4v) is 2.69. The molecule has 0 aromatic carbocycles. The molecule has 7 heteroatoms. The first-order valence-electron chi connectivity index (χ1n) is 6.31. The second-order valence-electron chi connectivity index (χ2n) is 4.47. The van der Waals surface area contributed by atoms with Gasteiger partial charge in [0.15, 0.2) is 0 Å². The molecule has 0 unspecified atom stereocenters. The summed E-state index contributed by atoms with van der Waals surface area (Å²) in [7, 11) is 1.67. The second-order valence-corrected chi connectivity index (χ2v) is 5.41. The van der Waals surface area contributed by atoms with Crippen molar-refractivity contribution >= 4 is 17.2 Å². The molecule has 0 atom stereocenters. The van der Waals surface area contributed by atoms with E-state index in [1.165, 1.54) is 16.2 Å². The normalized spacial score (nSPS) is 16.5. The van der Waals surface area contributed by atoms with Crippen LogP contribution in [0.2, 0.25) is 0 Å². The monoisotopic (exact) mass is 285 g/mol. The summed E-state index contributed by atoms with van der Waals surface area (Å²) in [5.74, 6) is -0.140. The fourth-order valence-electron chi connectivity index (χ4n) is 1.88. The molecule has 0 radical (unpaired) electrons.